The molecule has 0 aliphatic heterocycles. The highest BCUT2D eigenvalue weighted by atomic mass is 32.1. The van der Waals surface area contributed by atoms with Crippen molar-refractivity contribution < 1.29 is 9.53 Å². The molecule has 0 aliphatic carbocycles. The maximum Gasteiger partial charge on any atom is 0.404 e. The summed E-state index contributed by atoms with van der Waals surface area (Å²) < 4.78 is 6.86. The third-order valence-electron chi connectivity index (χ3n) is 2.26. The zero-order chi connectivity index (χ0) is 13.0. The number of pyridine rings is 1. The van der Waals surface area contributed by atoms with Crippen LogP contribution in [-0.4, -0.2) is 32.4 Å². The van der Waals surface area contributed by atoms with Crippen molar-refractivity contribution in [2.24, 2.45) is 5.73 Å². The zero-order valence-electron chi connectivity index (χ0n) is 9.37. The Bertz CT molecular complexity index is 592. The Labute approximate surface area is 108 Å². The lowest BCUT2D eigenvalue weighted by Crippen LogP contribution is -2.17. The monoisotopic (exact) mass is 265 g/mol. The van der Waals surface area contributed by atoms with Crippen LogP contribution in [0.25, 0.3) is 11.4 Å². The molecule has 0 unspecified atom stereocenters. The number of primary amides is 1. The second-order valence-electron chi connectivity index (χ2n) is 3.41. The third kappa shape index (κ3) is 2.72. The highest BCUT2D eigenvalue weighted by Gasteiger charge is 2.08. The molecule has 0 bridgehead atoms. The number of H-pyrrole nitrogens is 1. The summed E-state index contributed by atoms with van der Waals surface area (Å²) in [6, 6.07) is 3.63. The molecule has 2 aromatic rings. The molecule has 1 amide bonds. The first-order chi connectivity index (χ1) is 8.68. The molecule has 0 fully saturated rings. The zero-order valence-corrected chi connectivity index (χ0v) is 10.2. The fraction of sp³-hybridized carbons (Fsp3) is 0.200. The van der Waals surface area contributed by atoms with E-state index in [0.29, 0.717) is 17.1 Å². The second-order valence-corrected chi connectivity index (χ2v) is 3.79. The van der Waals surface area contributed by atoms with Crippen molar-refractivity contribution in [2.45, 2.75) is 6.54 Å². The molecule has 0 aromatic carbocycles. The van der Waals surface area contributed by atoms with E-state index in [0.717, 1.165) is 5.56 Å². The lowest BCUT2D eigenvalue weighted by Gasteiger charge is -2.06. The number of carbonyl (C=O) groups is 1. The number of aromatic nitrogens is 4. The summed E-state index contributed by atoms with van der Waals surface area (Å²) in [6.45, 7) is 0.525. The van der Waals surface area contributed by atoms with Crippen LogP contribution in [0.5, 0.6) is 0 Å². The molecule has 0 aliphatic rings. The predicted molar refractivity (Wildman–Crippen MR) is 66.2 cm³/mol. The largest absolute Gasteiger partial charge is 0.448 e. The first-order valence-electron chi connectivity index (χ1n) is 5.16. The van der Waals surface area contributed by atoms with E-state index in [9.17, 15) is 4.79 Å². The molecule has 0 saturated carbocycles. The van der Waals surface area contributed by atoms with Crippen molar-refractivity contribution in [3.05, 3.63) is 29.3 Å². The van der Waals surface area contributed by atoms with Crippen molar-refractivity contribution in [1.82, 2.24) is 19.7 Å². The van der Waals surface area contributed by atoms with Gasteiger partial charge in [-0.3, -0.25) is 14.6 Å². The number of hydrogen-bond donors (Lipinski definition) is 2. The van der Waals surface area contributed by atoms with Crippen LogP contribution >= 0.6 is 12.2 Å². The van der Waals surface area contributed by atoms with Crippen LogP contribution < -0.4 is 5.73 Å². The van der Waals surface area contributed by atoms with E-state index in [2.05, 4.69) is 19.9 Å². The topological polar surface area (TPSA) is 98.8 Å². The van der Waals surface area contributed by atoms with Crippen LogP contribution in [-0.2, 0) is 11.3 Å². The van der Waals surface area contributed by atoms with Crippen LogP contribution in [0.2, 0.25) is 0 Å². The molecule has 2 aromatic heterocycles. The summed E-state index contributed by atoms with van der Waals surface area (Å²) in [4.78, 5) is 14.4. The average Bonchev–Trinajstić information content (AvgIpc) is 2.72. The molecule has 0 radical (unpaired) electrons. The molecule has 7 nitrogen and oxygen atoms in total. The molecule has 2 heterocycles. The summed E-state index contributed by atoms with van der Waals surface area (Å²) in [6.07, 6.45) is 2.52. The molecule has 94 valence electrons. The summed E-state index contributed by atoms with van der Waals surface area (Å²) in [7, 11) is 0. The minimum atomic E-state index is -0.810. The molecule has 8 heteroatoms. The first-order valence-corrected chi connectivity index (χ1v) is 5.57. The predicted octanol–water partition coefficient (Wildman–Crippen LogP) is 1.10. The summed E-state index contributed by atoms with van der Waals surface area (Å²) >= 11 is 5.11. The fourth-order valence-electron chi connectivity index (χ4n) is 1.48. The second kappa shape index (κ2) is 5.41. The normalized spacial score (nSPS) is 10.2. The van der Waals surface area contributed by atoms with Crippen molar-refractivity contribution >= 4 is 18.3 Å². The van der Waals surface area contributed by atoms with Gasteiger partial charge in [0.1, 0.15) is 6.61 Å². The van der Waals surface area contributed by atoms with Crippen molar-refractivity contribution in [3.8, 4) is 11.4 Å². The summed E-state index contributed by atoms with van der Waals surface area (Å²) in [5, 5.41) is 6.83. The van der Waals surface area contributed by atoms with Crippen LogP contribution in [0.3, 0.4) is 0 Å². The van der Waals surface area contributed by atoms with Gasteiger partial charge in [0.05, 0.1) is 6.54 Å². The number of rotatable bonds is 4. The van der Waals surface area contributed by atoms with E-state index in [-0.39, 0.29) is 6.61 Å². The molecular weight excluding hydrogens is 254 g/mol. The van der Waals surface area contributed by atoms with Crippen LogP contribution in [0.1, 0.15) is 0 Å². The Morgan fingerprint density at radius 2 is 2.22 bits per heavy atom. The molecule has 0 spiro atoms. The van der Waals surface area contributed by atoms with Gasteiger partial charge in [-0.05, 0) is 24.4 Å². The van der Waals surface area contributed by atoms with E-state index >= 15 is 0 Å². The SMILES string of the molecule is NC(=O)OCCn1c(-c2ccncc2)n[nH]c1=S. The lowest BCUT2D eigenvalue weighted by atomic mass is 10.2. The van der Waals surface area contributed by atoms with Gasteiger partial charge in [0.25, 0.3) is 0 Å². The minimum absolute atomic E-state index is 0.140. The number of nitrogens with two attached hydrogens (primary N) is 1. The summed E-state index contributed by atoms with van der Waals surface area (Å²) in [5.41, 5.74) is 5.76. The Kier molecular flexibility index (Phi) is 3.68. The fourth-order valence-corrected chi connectivity index (χ4v) is 1.71. The van der Waals surface area contributed by atoms with E-state index < -0.39 is 6.09 Å². The summed E-state index contributed by atoms with van der Waals surface area (Å²) in [5.74, 6) is 0.662. The van der Waals surface area contributed by atoms with Crippen LogP contribution in [0.4, 0.5) is 4.79 Å². The van der Waals surface area contributed by atoms with Crippen molar-refractivity contribution in [2.75, 3.05) is 6.61 Å². The van der Waals surface area contributed by atoms with E-state index in [1.807, 2.05) is 12.1 Å². The maximum absolute atomic E-state index is 10.5. The van der Waals surface area contributed by atoms with Gasteiger partial charge in [-0.1, -0.05) is 0 Å². The number of aromatic amines is 1. The van der Waals surface area contributed by atoms with Gasteiger partial charge in [0.2, 0.25) is 0 Å². The Morgan fingerprint density at radius 1 is 1.50 bits per heavy atom. The Balaban J connectivity index is 2.22. The maximum atomic E-state index is 10.5. The Hall–Kier alpha value is -2.22. The van der Waals surface area contributed by atoms with Crippen molar-refractivity contribution in [3.63, 3.8) is 0 Å². The molecule has 2 rings (SSSR count). The molecule has 3 N–H and O–H groups in total. The number of amides is 1. The van der Waals surface area contributed by atoms with E-state index in [1.165, 1.54) is 0 Å². The standard InChI is InChI=1S/C10H11N5O2S/c11-9(16)17-6-5-15-8(13-14-10(15)18)7-1-3-12-4-2-7/h1-4H,5-6H2,(H2,11,16)(H,14,18). The highest BCUT2D eigenvalue weighted by molar-refractivity contribution is 7.71. The third-order valence-corrected chi connectivity index (χ3v) is 2.57. The minimum Gasteiger partial charge on any atom is -0.448 e. The van der Waals surface area contributed by atoms with Gasteiger partial charge >= 0.3 is 6.09 Å². The van der Waals surface area contributed by atoms with Gasteiger partial charge in [0.15, 0.2) is 10.6 Å². The van der Waals surface area contributed by atoms with Gasteiger partial charge in [-0.2, -0.15) is 5.10 Å². The Morgan fingerprint density at radius 3 is 2.89 bits per heavy atom. The van der Waals surface area contributed by atoms with Gasteiger partial charge in [-0.15, -0.1) is 0 Å². The molecule has 18 heavy (non-hydrogen) atoms. The quantitative estimate of drug-likeness (QED) is 0.806. The van der Waals surface area contributed by atoms with Crippen LogP contribution in [0.15, 0.2) is 24.5 Å². The van der Waals surface area contributed by atoms with Crippen LogP contribution in [0, 0.1) is 4.77 Å². The molecule has 0 saturated heterocycles. The van der Waals surface area contributed by atoms with Crippen molar-refractivity contribution in [1.29, 1.82) is 0 Å². The highest BCUT2D eigenvalue weighted by Crippen LogP contribution is 2.15. The smallest absolute Gasteiger partial charge is 0.404 e. The number of carbonyl (C=O) groups excluding carboxylic acids is 1. The average molecular weight is 265 g/mol. The van der Waals surface area contributed by atoms with Gasteiger partial charge < -0.3 is 10.5 Å². The number of nitrogens with one attached hydrogen (secondary N) is 1. The van der Waals surface area contributed by atoms with E-state index in [4.69, 9.17) is 18.0 Å². The number of hydrogen-bond acceptors (Lipinski definition) is 5. The first kappa shape index (κ1) is 12.2. The number of nitrogens with zero attached hydrogens (tertiary/aromatic N) is 3. The molecular formula is C10H11N5O2S. The lowest BCUT2D eigenvalue weighted by molar-refractivity contribution is 0.152. The van der Waals surface area contributed by atoms with Gasteiger partial charge in [-0.25, -0.2) is 4.79 Å². The molecule has 0 atom stereocenters. The number of ether oxygens (including phenoxy) is 1. The van der Waals surface area contributed by atoms with E-state index in [1.54, 1.807) is 17.0 Å². The van der Waals surface area contributed by atoms with Gasteiger partial charge in [0, 0.05) is 18.0 Å².